The molecule has 1 heterocycles. The van der Waals surface area contributed by atoms with E-state index in [1.807, 2.05) is 0 Å². The van der Waals surface area contributed by atoms with Crippen LogP contribution in [0.3, 0.4) is 0 Å². The molecule has 0 aliphatic carbocycles. The molecule has 1 fully saturated rings. The molecule has 1 aliphatic rings. The molecule has 0 aromatic rings. The van der Waals surface area contributed by atoms with Crippen molar-refractivity contribution < 1.29 is 4.79 Å². The van der Waals surface area contributed by atoms with Gasteiger partial charge in [0.2, 0.25) is 5.91 Å². The molecule has 1 atom stereocenters. The number of hydrogen-bond acceptors (Lipinski definition) is 1. The minimum Gasteiger partial charge on any atom is -0.343 e. The lowest BCUT2D eigenvalue weighted by Crippen LogP contribution is -2.31. The highest BCUT2D eigenvalue weighted by molar-refractivity contribution is 6.17. The van der Waals surface area contributed by atoms with Crippen LogP contribution >= 0.6 is 11.6 Å². The van der Waals surface area contributed by atoms with Crippen LogP contribution in [0.4, 0.5) is 0 Å². The molecule has 1 amide bonds. The molecule has 3 heteroatoms. The molecule has 1 rings (SSSR count). The zero-order valence-electron chi connectivity index (χ0n) is 11.1. The summed E-state index contributed by atoms with van der Waals surface area (Å²) in [5, 5.41) is 0. The maximum atomic E-state index is 11.9. The third-order valence-corrected chi connectivity index (χ3v) is 4.08. The molecule has 0 spiro atoms. The van der Waals surface area contributed by atoms with E-state index in [1.54, 1.807) is 0 Å². The first-order chi connectivity index (χ1) is 8.27. The van der Waals surface area contributed by atoms with E-state index in [0.29, 0.717) is 5.91 Å². The van der Waals surface area contributed by atoms with Crippen LogP contribution in [-0.4, -0.2) is 29.8 Å². The van der Waals surface area contributed by atoms with E-state index < -0.39 is 0 Å². The Hall–Kier alpha value is -0.240. The molecule has 0 radical (unpaired) electrons. The monoisotopic (exact) mass is 259 g/mol. The first-order valence-electron chi connectivity index (χ1n) is 7.11. The Bertz CT molecular complexity index is 220. The number of rotatable bonds is 7. The van der Waals surface area contributed by atoms with Gasteiger partial charge in [-0.05, 0) is 31.6 Å². The average molecular weight is 260 g/mol. The Morgan fingerprint density at radius 1 is 1.24 bits per heavy atom. The van der Waals surface area contributed by atoms with Gasteiger partial charge in [0.05, 0.1) is 0 Å². The molecule has 0 aromatic carbocycles. The van der Waals surface area contributed by atoms with Crippen LogP contribution in [0.5, 0.6) is 0 Å². The topological polar surface area (TPSA) is 20.3 Å². The fourth-order valence-corrected chi connectivity index (χ4v) is 2.68. The second kappa shape index (κ2) is 8.79. The summed E-state index contributed by atoms with van der Waals surface area (Å²) in [6, 6.07) is 0. The number of hydrogen-bond donors (Lipinski definition) is 0. The smallest absolute Gasteiger partial charge is 0.222 e. The van der Waals surface area contributed by atoms with Crippen LogP contribution in [0.15, 0.2) is 0 Å². The summed E-state index contributed by atoms with van der Waals surface area (Å²) in [5.74, 6) is 1.90. The van der Waals surface area contributed by atoms with Crippen molar-refractivity contribution in [2.24, 2.45) is 5.92 Å². The summed E-state index contributed by atoms with van der Waals surface area (Å²) in [7, 11) is 0. The Morgan fingerprint density at radius 3 is 2.71 bits per heavy atom. The third kappa shape index (κ3) is 5.76. The molecule has 2 nitrogen and oxygen atoms in total. The predicted octanol–water partition coefficient (Wildman–Crippen LogP) is 3.82. The highest BCUT2D eigenvalue weighted by Gasteiger charge is 2.20. The molecule has 1 saturated heterocycles. The maximum Gasteiger partial charge on any atom is 0.222 e. The molecule has 17 heavy (non-hydrogen) atoms. The quantitative estimate of drug-likeness (QED) is 0.503. The predicted molar refractivity (Wildman–Crippen MR) is 73.4 cm³/mol. The van der Waals surface area contributed by atoms with Gasteiger partial charge >= 0.3 is 0 Å². The number of carbonyl (C=O) groups excluding carboxylic acids is 1. The molecule has 1 unspecified atom stereocenters. The van der Waals surface area contributed by atoms with E-state index in [4.69, 9.17) is 11.6 Å². The van der Waals surface area contributed by atoms with Gasteiger partial charge in [-0.25, -0.2) is 0 Å². The number of carbonyl (C=O) groups is 1. The van der Waals surface area contributed by atoms with Crippen molar-refractivity contribution in [1.29, 1.82) is 0 Å². The number of amides is 1. The third-order valence-electron chi connectivity index (χ3n) is 3.82. The van der Waals surface area contributed by atoms with E-state index in [9.17, 15) is 4.79 Å². The van der Waals surface area contributed by atoms with Gasteiger partial charge in [-0.2, -0.15) is 0 Å². The van der Waals surface area contributed by atoms with Gasteiger partial charge in [0.15, 0.2) is 0 Å². The molecule has 100 valence electrons. The minimum absolute atomic E-state index is 0.373. The second-order valence-corrected chi connectivity index (χ2v) is 5.46. The van der Waals surface area contributed by atoms with Gasteiger partial charge in [0, 0.05) is 25.4 Å². The molecule has 0 saturated carbocycles. The summed E-state index contributed by atoms with van der Waals surface area (Å²) in [6.07, 6.45) is 8.92. The Kier molecular flexibility index (Phi) is 7.67. The molecular weight excluding hydrogens is 234 g/mol. The summed E-state index contributed by atoms with van der Waals surface area (Å²) < 4.78 is 0. The molecule has 1 aliphatic heterocycles. The Morgan fingerprint density at radius 2 is 2.00 bits per heavy atom. The van der Waals surface area contributed by atoms with Crippen molar-refractivity contribution in [3.63, 3.8) is 0 Å². The van der Waals surface area contributed by atoms with Crippen LogP contribution in [0.25, 0.3) is 0 Å². The summed E-state index contributed by atoms with van der Waals surface area (Å²) in [6.45, 7) is 4.17. The van der Waals surface area contributed by atoms with Crippen LogP contribution < -0.4 is 0 Å². The fraction of sp³-hybridized carbons (Fsp3) is 0.929. The van der Waals surface area contributed by atoms with E-state index in [2.05, 4.69) is 11.8 Å². The zero-order chi connectivity index (χ0) is 12.5. The van der Waals surface area contributed by atoms with Gasteiger partial charge in [0.25, 0.3) is 0 Å². The standard InChI is InChI=1S/C14H26ClNO/c1-2-13-7-8-14(17)16(12-9-13)11-6-4-3-5-10-15/h13H,2-12H2,1H3. The van der Waals surface area contributed by atoms with Crippen molar-refractivity contribution in [1.82, 2.24) is 4.90 Å². The van der Waals surface area contributed by atoms with Gasteiger partial charge in [-0.1, -0.05) is 26.2 Å². The van der Waals surface area contributed by atoms with Crippen LogP contribution in [0.2, 0.25) is 0 Å². The van der Waals surface area contributed by atoms with E-state index in [-0.39, 0.29) is 0 Å². The fourth-order valence-electron chi connectivity index (χ4n) is 2.49. The van der Waals surface area contributed by atoms with Gasteiger partial charge in [0.1, 0.15) is 0 Å². The van der Waals surface area contributed by atoms with Gasteiger partial charge < -0.3 is 4.90 Å². The highest BCUT2D eigenvalue weighted by atomic mass is 35.5. The Labute approximate surface area is 111 Å². The van der Waals surface area contributed by atoms with Crippen molar-refractivity contribution in [3.8, 4) is 0 Å². The largest absolute Gasteiger partial charge is 0.343 e. The molecule has 0 bridgehead atoms. The van der Waals surface area contributed by atoms with E-state index >= 15 is 0 Å². The lowest BCUT2D eigenvalue weighted by molar-refractivity contribution is -0.130. The second-order valence-electron chi connectivity index (χ2n) is 5.09. The lowest BCUT2D eigenvalue weighted by Gasteiger charge is -2.20. The van der Waals surface area contributed by atoms with Gasteiger partial charge in [-0.15, -0.1) is 11.6 Å². The normalized spacial score (nSPS) is 21.6. The van der Waals surface area contributed by atoms with E-state index in [1.165, 1.54) is 25.7 Å². The minimum atomic E-state index is 0.373. The van der Waals surface area contributed by atoms with Crippen molar-refractivity contribution in [2.75, 3.05) is 19.0 Å². The van der Waals surface area contributed by atoms with Crippen molar-refractivity contribution >= 4 is 17.5 Å². The van der Waals surface area contributed by atoms with Crippen LogP contribution in [0.1, 0.15) is 58.3 Å². The maximum absolute atomic E-state index is 11.9. The number of unbranched alkanes of at least 4 members (excludes halogenated alkanes) is 3. The van der Waals surface area contributed by atoms with E-state index in [0.717, 1.165) is 50.6 Å². The van der Waals surface area contributed by atoms with Crippen molar-refractivity contribution in [3.05, 3.63) is 0 Å². The molecule has 0 N–H and O–H groups in total. The first-order valence-corrected chi connectivity index (χ1v) is 7.65. The lowest BCUT2D eigenvalue weighted by atomic mass is 9.98. The summed E-state index contributed by atoms with van der Waals surface area (Å²) in [4.78, 5) is 14.0. The Balaban J connectivity index is 2.20. The first kappa shape index (κ1) is 14.8. The summed E-state index contributed by atoms with van der Waals surface area (Å²) in [5.41, 5.74) is 0. The number of nitrogens with zero attached hydrogens (tertiary/aromatic N) is 1. The highest BCUT2D eigenvalue weighted by Crippen LogP contribution is 2.21. The SMILES string of the molecule is CCC1CCC(=O)N(CCCCCCCl)CC1. The van der Waals surface area contributed by atoms with Gasteiger partial charge in [-0.3, -0.25) is 4.79 Å². The van der Waals surface area contributed by atoms with Crippen molar-refractivity contribution in [2.45, 2.75) is 58.3 Å². The summed E-state index contributed by atoms with van der Waals surface area (Å²) >= 11 is 5.64. The number of alkyl halides is 1. The average Bonchev–Trinajstić information content (AvgIpc) is 2.52. The number of likely N-dealkylation sites (tertiary alicyclic amines) is 1. The number of halogens is 1. The molecular formula is C14H26ClNO. The zero-order valence-corrected chi connectivity index (χ0v) is 11.8. The molecule has 0 aromatic heterocycles. The van der Waals surface area contributed by atoms with Crippen LogP contribution in [-0.2, 0) is 4.79 Å². The van der Waals surface area contributed by atoms with Crippen LogP contribution in [0, 0.1) is 5.92 Å².